The topological polar surface area (TPSA) is 26.3 Å². The van der Waals surface area contributed by atoms with Crippen molar-refractivity contribution in [1.29, 1.82) is 0 Å². The summed E-state index contributed by atoms with van der Waals surface area (Å²) >= 11 is 0. The molecule has 0 radical (unpaired) electrons. The first-order chi connectivity index (χ1) is 7.56. The van der Waals surface area contributed by atoms with Crippen LogP contribution >= 0.6 is 0 Å². The van der Waals surface area contributed by atoms with Gasteiger partial charge in [-0.15, -0.1) is 0 Å². The van der Waals surface area contributed by atoms with Crippen LogP contribution in [0.1, 0.15) is 59.8 Å². The van der Waals surface area contributed by atoms with Crippen molar-refractivity contribution >= 4 is 5.97 Å². The van der Waals surface area contributed by atoms with Crippen LogP contribution in [0, 0.1) is 5.92 Å². The van der Waals surface area contributed by atoms with E-state index >= 15 is 0 Å². The average Bonchev–Trinajstić information content (AvgIpc) is 2.17. The third-order valence-electron chi connectivity index (χ3n) is 2.60. The first-order valence-corrected chi connectivity index (χ1v) is 6.35. The van der Waals surface area contributed by atoms with Crippen molar-refractivity contribution < 1.29 is 9.53 Å². The largest absolute Gasteiger partial charge is 0.466 e. The van der Waals surface area contributed by atoms with Gasteiger partial charge in [-0.1, -0.05) is 25.0 Å². The van der Waals surface area contributed by atoms with E-state index < -0.39 is 0 Å². The molecule has 0 rings (SSSR count). The molecule has 0 bridgehead atoms. The van der Waals surface area contributed by atoms with Crippen LogP contribution in [-0.4, -0.2) is 12.6 Å². The number of allylic oxidation sites excluding steroid dienone is 2. The summed E-state index contributed by atoms with van der Waals surface area (Å²) in [5.41, 5.74) is 1.39. The van der Waals surface area contributed by atoms with E-state index in [2.05, 4.69) is 26.8 Å². The predicted octanol–water partition coefficient (Wildman–Crippen LogP) is 4.10. The Balaban J connectivity index is 3.47. The van der Waals surface area contributed by atoms with Gasteiger partial charge in [0.25, 0.3) is 0 Å². The minimum absolute atomic E-state index is 0.0565. The summed E-state index contributed by atoms with van der Waals surface area (Å²) < 4.78 is 4.89. The van der Waals surface area contributed by atoms with Gasteiger partial charge in [-0.3, -0.25) is 4.79 Å². The first-order valence-electron chi connectivity index (χ1n) is 6.35. The summed E-state index contributed by atoms with van der Waals surface area (Å²) in [6, 6.07) is 0. The molecule has 0 aliphatic rings. The van der Waals surface area contributed by atoms with Crippen LogP contribution in [0.15, 0.2) is 11.6 Å². The molecular weight excluding hydrogens is 200 g/mol. The quantitative estimate of drug-likeness (QED) is 0.460. The predicted molar refractivity (Wildman–Crippen MR) is 68.3 cm³/mol. The van der Waals surface area contributed by atoms with Crippen molar-refractivity contribution in [3.63, 3.8) is 0 Å². The normalized spacial score (nSPS) is 12.0. The molecule has 94 valence electrons. The molecule has 0 aromatic carbocycles. The lowest BCUT2D eigenvalue weighted by molar-refractivity contribution is -0.143. The summed E-state index contributed by atoms with van der Waals surface area (Å²) in [6.45, 7) is 8.86. The number of carbonyl (C=O) groups excluding carboxylic acids is 1. The molecule has 0 N–H and O–H groups in total. The average molecular weight is 226 g/mol. The van der Waals surface area contributed by atoms with E-state index in [-0.39, 0.29) is 5.97 Å². The zero-order valence-corrected chi connectivity index (χ0v) is 11.2. The van der Waals surface area contributed by atoms with Crippen LogP contribution in [0.2, 0.25) is 0 Å². The fourth-order valence-corrected chi connectivity index (χ4v) is 1.63. The standard InChI is InChI=1S/C14H26O2/c1-5-16-14(15)11-7-10-13(4)9-6-8-12(2)3/h8,13H,5-7,9-11H2,1-4H3. The maximum atomic E-state index is 11.1. The Hall–Kier alpha value is -0.790. The molecule has 16 heavy (non-hydrogen) atoms. The van der Waals surface area contributed by atoms with E-state index in [1.807, 2.05) is 6.92 Å². The maximum absolute atomic E-state index is 11.1. The van der Waals surface area contributed by atoms with Gasteiger partial charge < -0.3 is 4.74 Å². The van der Waals surface area contributed by atoms with Crippen LogP contribution in [0.3, 0.4) is 0 Å². The van der Waals surface area contributed by atoms with Crippen LogP contribution in [-0.2, 0) is 9.53 Å². The second-order valence-corrected chi connectivity index (χ2v) is 4.66. The van der Waals surface area contributed by atoms with E-state index in [0.717, 1.165) is 19.3 Å². The molecule has 0 fully saturated rings. The van der Waals surface area contributed by atoms with Gasteiger partial charge in [-0.25, -0.2) is 0 Å². The molecule has 2 nitrogen and oxygen atoms in total. The van der Waals surface area contributed by atoms with E-state index in [4.69, 9.17) is 4.74 Å². The highest BCUT2D eigenvalue weighted by molar-refractivity contribution is 5.69. The molecule has 0 saturated heterocycles. The number of hydrogen-bond donors (Lipinski definition) is 0. The summed E-state index contributed by atoms with van der Waals surface area (Å²) in [4.78, 5) is 11.1. The molecule has 0 saturated carbocycles. The monoisotopic (exact) mass is 226 g/mol. The number of esters is 1. The van der Waals surface area contributed by atoms with Crippen molar-refractivity contribution in [1.82, 2.24) is 0 Å². The molecule has 0 aliphatic carbocycles. The molecule has 0 aromatic heterocycles. The Morgan fingerprint density at radius 2 is 2.00 bits per heavy atom. The summed E-state index contributed by atoms with van der Waals surface area (Å²) in [5, 5.41) is 0. The number of rotatable bonds is 8. The SMILES string of the molecule is CCOC(=O)CCCC(C)CCC=C(C)C. The molecule has 1 atom stereocenters. The number of hydrogen-bond acceptors (Lipinski definition) is 2. The van der Waals surface area contributed by atoms with E-state index in [9.17, 15) is 4.79 Å². The minimum Gasteiger partial charge on any atom is -0.466 e. The molecule has 0 heterocycles. The van der Waals surface area contributed by atoms with E-state index in [1.54, 1.807) is 0 Å². The molecule has 1 unspecified atom stereocenters. The molecule has 0 aromatic rings. The van der Waals surface area contributed by atoms with Crippen molar-refractivity contribution in [3.05, 3.63) is 11.6 Å². The Morgan fingerprint density at radius 3 is 2.56 bits per heavy atom. The van der Waals surface area contributed by atoms with Gasteiger partial charge in [0.2, 0.25) is 0 Å². The maximum Gasteiger partial charge on any atom is 0.305 e. The fraction of sp³-hybridized carbons (Fsp3) is 0.786. The van der Waals surface area contributed by atoms with Gasteiger partial charge in [0.05, 0.1) is 6.61 Å². The van der Waals surface area contributed by atoms with Gasteiger partial charge >= 0.3 is 5.97 Å². The fourth-order valence-electron chi connectivity index (χ4n) is 1.63. The molecule has 0 aliphatic heterocycles. The second kappa shape index (κ2) is 9.44. The van der Waals surface area contributed by atoms with Crippen LogP contribution < -0.4 is 0 Å². The van der Waals surface area contributed by atoms with Crippen LogP contribution in [0.5, 0.6) is 0 Å². The number of carbonyl (C=O) groups is 1. The van der Waals surface area contributed by atoms with Crippen LogP contribution in [0.25, 0.3) is 0 Å². The van der Waals surface area contributed by atoms with Crippen molar-refractivity contribution in [2.24, 2.45) is 5.92 Å². The highest BCUT2D eigenvalue weighted by Crippen LogP contribution is 2.15. The van der Waals surface area contributed by atoms with Crippen molar-refractivity contribution in [2.45, 2.75) is 59.8 Å². The molecule has 0 spiro atoms. The lowest BCUT2D eigenvalue weighted by atomic mass is 9.98. The number of ether oxygens (including phenoxy) is 1. The van der Waals surface area contributed by atoms with Gasteiger partial charge in [-0.2, -0.15) is 0 Å². The van der Waals surface area contributed by atoms with Gasteiger partial charge in [-0.05, 0) is 46.0 Å². The van der Waals surface area contributed by atoms with E-state index in [0.29, 0.717) is 18.9 Å². The first kappa shape index (κ1) is 15.2. The Kier molecular flexibility index (Phi) is 8.97. The van der Waals surface area contributed by atoms with Gasteiger partial charge in [0.1, 0.15) is 0 Å². The zero-order chi connectivity index (χ0) is 12.4. The molecule has 0 amide bonds. The lowest BCUT2D eigenvalue weighted by Gasteiger charge is -2.09. The van der Waals surface area contributed by atoms with Gasteiger partial charge in [0.15, 0.2) is 0 Å². The summed E-state index contributed by atoms with van der Waals surface area (Å²) in [6.07, 6.45) is 7.30. The third-order valence-corrected chi connectivity index (χ3v) is 2.60. The zero-order valence-electron chi connectivity index (χ0n) is 11.2. The molecular formula is C14H26O2. The smallest absolute Gasteiger partial charge is 0.305 e. The highest BCUT2D eigenvalue weighted by Gasteiger charge is 2.05. The Bertz CT molecular complexity index is 215. The third kappa shape index (κ3) is 9.75. The lowest BCUT2D eigenvalue weighted by Crippen LogP contribution is -2.04. The Labute approximate surface area is 100 Å². The summed E-state index contributed by atoms with van der Waals surface area (Å²) in [7, 11) is 0. The Morgan fingerprint density at radius 1 is 1.31 bits per heavy atom. The minimum atomic E-state index is -0.0565. The van der Waals surface area contributed by atoms with Crippen molar-refractivity contribution in [3.8, 4) is 0 Å². The highest BCUT2D eigenvalue weighted by atomic mass is 16.5. The van der Waals surface area contributed by atoms with Crippen molar-refractivity contribution in [2.75, 3.05) is 6.61 Å². The van der Waals surface area contributed by atoms with Crippen LogP contribution in [0.4, 0.5) is 0 Å². The summed E-state index contributed by atoms with van der Waals surface area (Å²) in [5.74, 6) is 0.643. The molecule has 2 heteroatoms. The van der Waals surface area contributed by atoms with E-state index in [1.165, 1.54) is 12.0 Å². The second-order valence-electron chi connectivity index (χ2n) is 4.66. The van der Waals surface area contributed by atoms with Gasteiger partial charge in [0, 0.05) is 6.42 Å².